The average molecular weight is 347 g/mol. The maximum atomic E-state index is 13.0. The highest BCUT2D eigenvalue weighted by atomic mass is 16.2. The third kappa shape index (κ3) is 3.24. The normalized spacial score (nSPS) is 15.5. The van der Waals surface area contributed by atoms with Crippen LogP contribution in [0, 0.1) is 5.92 Å². The molecule has 0 unspecified atom stereocenters. The van der Waals surface area contributed by atoms with Gasteiger partial charge in [0.2, 0.25) is 0 Å². The lowest BCUT2D eigenvalue weighted by Gasteiger charge is -2.32. The number of likely N-dealkylation sites (tertiary alicyclic amines) is 1. The summed E-state index contributed by atoms with van der Waals surface area (Å²) in [4.78, 5) is 19.5. The van der Waals surface area contributed by atoms with Crippen molar-refractivity contribution in [3.63, 3.8) is 0 Å². The topological polar surface area (TPSA) is 38.1 Å². The highest BCUT2D eigenvalue weighted by molar-refractivity contribution is 6.07. The van der Waals surface area contributed by atoms with Crippen LogP contribution in [0.2, 0.25) is 0 Å². The van der Waals surface area contributed by atoms with Crippen LogP contribution in [0.5, 0.6) is 0 Å². The minimum atomic E-state index is 0.164. The molecule has 26 heavy (non-hydrogen) atoms. The third-order valence-corrected chi connectivity index (χ3v) is 5.49. The van der Waals surface area contributed by atoms with Gasteiger partial charge in [0.25, 0.3) is 5.91 Å². The molecule has 1 fully saturated rings. The first-order chi connectivity index (χ1) is 12.8. The molecule has 134 valence electrons. The molecule has 0 N–H and O–H groups in total. The van der Waals surface area contributed by atoms with Crippen molar-refractivity contribution in [2.75, 3.05) is 13.1 Å². The van der Waals surface area contributed by atoms with Crippen LogP contribution in [0.25, 0.3) is 10.8 Å². The minimum absolute atomic E-state index is 0.164. The maximum Gasteiger partial charge on any atom is 0.254 e. The van der Waals surface area contributed by atoms with Gasteiger partial charge in [-0.25, -0.2) is 4.98 Å². The number of piperidine rings is 1. The van der Waals surface area contributed by atoms with Crippen molar-refractivity contribution in [3.05, 3.63) is 66.2 Å². The van der Waals surface area contributed by atoms with Crippen LogP contribution in [-0.4, -0.2) is 33.4 Å². The number of imidazole rings is 1. The fraction of sp³-hybridized carbons (Fsp3) is 0.364. The molecular weight excluding hydrogens is 322 g/mol. The molecule has 1 aliphatic heterocycles. The smallest absolute Gasteiger partial charge is 0.254 e. The number of benzene rings is 2. The standard InChI is InChI=1S/C22H25N3O/c1-2-21-23-12-15-25(21)16-17-10-13-24(14-11-17)22(26)20-9-5-7-18-6-3-4-8-19(18)20/h3-9,12,15,17H,2,10-11,13-14,16H2,1H3. The van der Waals surface area contributed by atoms with Crippen molar-refractivity contribution in [2.45, 2.75) is 32.7 Å². The second-order valence-electron chi connectivity index (χ2n) is 7.11. The van der Waals surface area contributed by atoms with E-state index in [0.29, 0.717) is 5.92 Å². The summed E-state index contributed by atoms with van der Waals surface area (Å²) in [7, 11) is 0. The lowest BCUT2D eigenvalue weighted by molar-refractivity contribution is 0.0684. The lowest BCUT2D eigenvalue weighted by atomic mass is 9.95. The van der Waals surface area contributed by atoms with Gasteiger partial charge in [-0.15, -0.1) is 0 Å². The molecule has 0 radical (unpaired) electrons. The molecule has 2 aromatic carbocycles. The summed E-state index contributed by atoms with van der Waals surface area (Å²) in [6.45, 7) is 4.83. The van der Waals surface area contributed by atoms with Crippen molar-refractivity contribution >= 4 is 16.7 Å². The minimum Gasteiger partial charge on any atom is -0.339 e. The average Bonchev–Trinajstić information content (AvgIpc) is 3.14. The van der Waals surface area contributed by atoms with Gasteiger partial charge < -0.3 is 9.47 Å². The van der Waals surface area contributed by atoms with E-state index in [-0.39, 0.29) is 5.91 Å². The highest BCUT2D eigenvalue weighted by Crippen LogP contribution is 2.24. The number of fused-ring (bicyclic) bond motifs is 1. The Bertz CT molecular complexity index is 901. The molecular formula is C22H25N3O. The first-order valence-corrected chi connectivity index (χ1v) is 9.53. The number of rotatable bonds is 4. The number of aryl methyl sites for hydroxylation is 1. The largest absolute Gasteiger partial charge is 0.339 e. The van der Waals surface area contributed by atoms with E-state index in [1.807, 2.05) is 41.4 Å². The first-order valence-electron chi connectivity index (χ1n) is 9.53. The number of hydrogen-bond acceptors (Lipinski definition) is 2. The van der Waals surface area contributed by atoms with Gasteiger partial charge in [-0.1, -0.05) is 43.3 Å². The number of aromatic nitrogens is 2. The molecule has 4 rings (SSSR count). The summed E-state index contributed by atoms with van der Waals surface area (Å²) < 4.78 is 2.27. The first kappa shape index (κ1) is 16.8. The molecule has 2 heterocycles. The summed E-state index contributed by atoms with van der Waals surface area (Å²) in [6.07, 6.45) is 7.03. The van der Waals surface area contributed by atoms with Crippen LogP contribution in [0.15, 0.2) is 54.9 Å². The zero-order valence-corrected chi connectivity index (χ0v) is 15.3. The summed E-state index contributed by atoms with van der Waals surface area (Å²) >= 11 is 0. The van der Waals surface area contributed by atoms with E-state index in [0.717, 1.165) is 61.1 Å². The van der Waals surface area contributed by atoms with Gasteiger partial charge in [0.15, 0.2) is 0 Å². The predicted octanol–water partition coefficient (Wildman–Crippen LogP) is 4.15. The zero-order chi connectivity index (χ0) is 17.9. The molecule has 0 atom stereocenters. The quantitative estimate of drug-likeness (QED) is 0.711. The van der Waals surface area contributed by atoms with E-state index in [1.165, 1.54) is 0 Å². The van der Waals surface area contributed by atoms with E-state index >= 15 is 0 Å². The highest BCUT2D eigenvalue weighted by Gasteiger charge is 2.25. The Hall–Kier alpha value is -2.62. The Morgan fingerprint density at radius 2 is 1.88 bits per heavy atom. The molecule has 1 aromatic heterocycles. The van der Waals surface area contributed by atoms with Gasteiger partial charge >= 0.3 is 0 Å². The fourth-order valence-corrected chi connectivity index (χ4v) is 4.00. The van der Waals surface area contributed by atoms with Gasteiger partial charge in [0, 0.05) is 44.0 Å². The molecule has 1 amide bonds. The van der Waals surface area contributed by atoms with E-state index in [2.05, 4.69) is 34.8 Å². The molecule has 0 bridgehead atoms. The molecule has 4 nitrogen and oxygen atoms in total. The van der Waals surface area contributed by atoms with Gasteiger partial charge in [-0.2, -0.15) is 0 Å². The third-order valence-electron chi connectivity index (χ3n) is 5.49. The molecule has 1 saturated heterocycles. The number of amides is 1. The summed E-state index contributed by atoms with van der Waals surface area (Å²) in [5.41, 5.74) is 0.824. The van der Waals surface area contributed by atoms with E-state index in [1.54, 1.807) is 0 Å². The molecule has 0 spiro atoms. The summed E-state index contributed by atoms with van der Waals surface area (Å²) in [5, 5.41) is 2.17. The SMILES string of the molecule is CCc1nccn1CC1CCN(C(=O)c2cccc3ccccc23)CC1. The monoisotopic (exact) mass is 347 g/mol. The number of hydrogen-bond donors (Lipinski definition) is 0. The molecule has 0 saturated carbocycles. The van der Waals surface area contributed by atoms with Crippen molar-refractivity contribution in [1.82, 2.24) is 14.5 Å². The summed E-state index contributed by atoms with van der Waals surface area (Å²) in [5.74, 6) is 1.93. The van der Waals surface area contributed by atoms with Gasteiger partial charge in [0.1, 0.15) is 5.82 Å². The van der Waals surface area contributed by atoms with Gasteiger partial charge in [0.05, 0.1) is 0 Å². The van der Waals surface area contributed by atoms with Crippen LogP contribution in [0.3, 0.4) is 0 Å². The summed E-state index contributed by atoms with van der Waals surface area (Å²) in [6, 6.07) is 14.1. The van der Waals surface area contributed by atoms with E-state index < -0.39 is 0 Å². The van der Waals surface area contributed by atoms with Crippen molar-refractivity contribution < 1.29 is 4.79 Å². The molecule has 0 aliphatic carbocycles. The zero-order valence-electron chi connectivity index (χ0n) is 15.3. The predicted molar refractivity (Wildman–Crippen MR) is 104 cm³/mol. The second-order valence-corrected chi connectivity index (χ2v) is 7.11. The van der Waals surface area contributed by atoms with Crippen LogP contribution in [0.1, 0.15) is 35.9 Å². The Labute approximate surface area is 154 Å². The Kier molecular flexibility index (Phi) is 4.74. The van der Waals surface area contributed by atoms with Crippen LogP contribution < -0.4 is 0 Å². The van der Waals surface area contributed by atoms with E-state index in [4.69, 9.17) is 0 Å². The molecule has 1 aliphatic rings. The van der Waals surface area contributed by atoms with Crippen molar-refractivity contribution in [1.29, 1.82) is 0 Å². The van der Waals surface area contributed by atoms with Gasteiger partial charge in [-0.05, 0) is 35.6 Å². The van der Waals surface area contributed by atoms with Crippen LogP contribution >= 0.6 is 0 Å². The second kappa shape index (κ2) is 7.32. The molecule has 4 heteroatoms. The Balaban J connectivity index is 1.43. The lowest BCUT2D eigenvalue weighted by Crippen LogP contribution is -2.39. The van der Waals surface area contributed by atoms with E-state index in [9.17, 15) is 4.79 Å². The number of carbonyl (C=O) groups is 1. The molecule has 3 aromatic rings. The fourth-order valence-electron chi connectivity index (χ4n) is 4.00. The van der Waals surface area contributed by atoms with Crippen molar-refractivity contribution in [3.8, 4) is 0 Å². The van der Waals surface area contributed by atoms with Crippen molar-refractivity contribution in [2.24, 2.45) is 5.92 Å². The van der Waals surface area contributed by atoms with Crippen LogP contribution in [0.4, 0.5) is 0 Å². The maximum absolute atomic E-state index is 13.0. The Morgan fingerprint density at radius 3 is 2.69 bits per heavy atom. The number of carbonyl (C=O) groups excluding carboxylic acids is 1. The Morgan fingerprint density at radius 1 is 1.12 bits per heavy atom. The van der Waals surface area contributed by atoms with Gasteiger partial charge in [-0.3, -0.25) is 4.79 Å². The van der Waals surface area contributed by atoms with Crippen LogP contribution in [-0.2, 0) is 13.0 Å². The number of nitrogens with zero attached hydrogens (tertiary/aromatic N) is 3.